The summed E-state index contributed by atoms with van der Waals surface area (Å²) in [6.07, 6.45) is 0. The first-order valence-corrected chi connectivity index (χ1v) is 5.73. The molecule has 0 radical (unpaired) electrons. The van der Waals surface area contributed by atoms with E-state index in [1.807, 2.05) is 13.8 Å². The van der Waals surface area contributed by atoms with Gasteiger partial charge in [0, 0.05) is 12.6 Å². The Balaban J connectivity index is 2.75. The van der Waals surface area contributed by atoms with Crippen LogP contribution in [-0.2, 0) is 9.59 Å². The van der Waals surface area contributed by atoms with Gasteiger partial charge < -0.3 is 10.6 Å². The molecule has 1 aromatic rings. The average Bonchev–Trinajstić information content (AvgIpc) is 2.25. The van der Waals surface area contributed by atoms with Crippen molar-refractivity contribution in [2.45, 2.75) is 26.8 Å². The highest BCUT2D eigenvalue weighted by Crippen LogP contribution is 2.11. The fraction of sp³-hybridized carbons (Fsp3) is 0.385. The van der Waals surface area contributed by atoms with Gasteiger partial charge in [-0.1, -0.05) is 19.9 Å². The number of hydrogen-bond acceptors (Lipinski definition) is 2. The van der Waals surface area contributed by atoms with E-state index in [0.717, 1.165) is 0 Å². The van der Waals surface area contributed by atoms with E-state index < -0.39 is 11.9 Å². The molecule has 0 saturated heterocycles. The second-order valence-electron chi connectivity index (χ2n) is 4.42. The molecular weight excluding hydrogens is 235 g/mol. The van der Waals surface area contributed by atoms with E-state index in [1.165, 1.54) is 25.1 Å². The number of amides is 2. The summed E-state index contributed by atoms with van der Waals surface area (Å²) in [6, 6.07) is 4.98. The Morgan fingerprint density at radius 3 is 2.44 bits per heavy atom. The van der Waals surface area contributed by atoms with Crippen molar-refractivity contribution in [1.82, 2.24) is 5.32 Å². The van der Waals surface area contributed by atoms with Gasteiger partial charge in [-0.05, 0) is 24.1 Å². The van der Waals surface area contributed by atoms with Crippen LogP contribution in [0.3, 0.4) is 0 Å². The predicted molar refractivity (Wildman–Crippen MR) is 67.5 cm³/mol. The normalized spacial score (nSPS) is 12.1. The van der Waals surface area contributed by atoms with Crippen molar-refractivity contribution in [3.05, 3.63) is 30.1 Å². The van der Waals surface area contributed by atoms with Crippen molar-refractivity contribution < 1.29 is 14.0 Å². The van der Waals surface area contributed by atoms with Gasteiger partial charge in [0.15, 0.2) is 0 Å². The van der Waals surface area contributed by atoms with Gasteiger partial charge in [0.2, 0.25) is 11.8 Å². The van der Waals surface area contributed by atoms with Crippen molar-refractivity contribution in [2.24, 2.45) is 5.92 Å². The van der Waals surface area contributed by atoms with Crippen LogP contribution >= 0.6 is 0 Å². The molecule has 0 unspecified atom stereocenters. The highest BCUT2D eigenvalue weighted by atomic mass is 19.1. The number of carbonyl (C=O) groups excluding carboxylic acids is 2. The first-order chi connectivity index (χ1) is 8.40. The zero-order valence-corrected chi connectivity index (χ0v) is 10.7. The van der Waals surface area contributed by atoms with Crippen molar-refractivity contribution in [2.75, 3.05) is 5.32 Å². The second-order valence-corrected chi connectivity index (χ2v) is 4.42. The van der Waals surface area contributed by atoms with Gasteiger partial charge in [-0.2, -0.15) is 0 Å². The minimum Gasteiger partial charge on any atom is -0.344 e. The molecule has 1 rings (SSSR count). The molecule has 0 aliphatic heterocycles. The molecule has 2 amide bonds. The van der Waals surface area contributed by atoms with E-state index in [0.29, 0.717) is 5.69 Å². The summed E-state index contributed by atoms with van der Waals surface area (Å²) in [5.41, 5.74) is 0.371. The van der Waals surface area contributed by atoms with Crippen LogP contribution < -0.4 is 10.6 Å². The van der Waals surface area contributed by atoms with Gasteiger partial charge in [-0.3, -0.25) is 9.59 Å². The summed E-state index contributed by atoms with van der Waals surface area (Å²) in [5.74, 6) is -1.11. The smallest absolute Gasteiger partial charge is 0.247 e. The van der Waals surface area contributed by atoms with Crippen LogP contribution in [0.4, 0.5) is 10.1 Å². The summed E-state index contributed by atoms with van der Waals surface area (Å²) >= 11 is 0. The number of benzene rings is 1. The summed E-state index contributed by atoms with van der Waals surface area (Å²) in [4.78, 5) is 23.0. The lowest BCUT2D eigenvalue weighted by Crippen LogP contribution is -2.46. The molecule has 2 N–H and O–H groups in total. The minimum absolute atomic E-state index is 0.0533. The predicted octanol–water partition coefficient (Wildman–Crippen LogP) is 1.92. The van der Waals surface area contributed by atoms with Gasteiger partial charge in [0.25, 0.3) is 0 Å². The molecule has 0 aromatic heterocycles. The first kappa shape index (κ1) is 14.2. The maximum atomic E-state index is 13.0. The van der Waals surface area contributed by atoms with Crippen LogP contribution in [0.5, 0.6) is 0 Å². The monoisotopic (exact) mass is 252 g/mol. The minimum atomic E-state index is -0.634. The van der Waals surface area contributed by atoms with Gasteiger partial charge >= 0.3 is 0 Å². The Morgan fingerprint density at radius 1 is 1.28 bits per heavy atom. The van der Waals surface area contributed by atoms with Crippen molar-refractivity contribution in [3.63, 3.8) is 0 Å². The summed E-state index contributed by atoms with van der Waals surface area (Å²) in [5, 5.41) is 5.15. The number of hydrogen-bond donors (Lipinski definition) is 2. The third-order valence-corrected chi connectivity index (χ3v) is 2.40. The van der Waals surface area contributed by atoms with E-state index >= 15 is 0 Å². The number of rotatable bonds is 4. The van der Waals surface area contributed by atoms with E-state index in [2.05, 4.69) is 10.6 Å². The molecule has 0 fully saturated rings. The van der Waals surface area contributed by atoms with Gasteiger partial charge in [-0.25, -0.2) is 4.39 Å². The molecule has 1 atom stereocenters. The fourth-order valence-corrected chi connectivity index (χ4v) is 1.54. The Kier molecular flexibility index (Phi) is 4.83. The molecule has 0 heterocycles. The van der Waals surface area contributed by atoms with Gasteiger partial charge in [0.05, 0.1) is 0 Å². The number of anilines is 1. The topological polar surface area (TPSA) is 58.2 Å². The summed E-state index contributed by atoms with van der Waals surface area (Å²) in [7, 11) is 0. The highest BCUT2D eigenvalue weighted by molar-refractivity contribution is 5.97. The number of carbonyl (C=O) groups is 2. The first-order valence-electron chi connectivity index (χ1n) is 5.73. The van der Waals surface area contributed by atoms with Crippen LogP contribution in [0.25, 0.3) is 0 Å². The molecule has 0 bridgehead atoms. The molecule has 1 aromatic carbocycles. The third kappa shape index (κ3) is 4.16. The highest BCUT2D eigenvalue weighted by Gasteiger charge is 2.22. The molecule has 18 heavy (non-hydrogen) atoms. The lowest BCUT2D eigenvalue weighted by molar-refractivity contribution is -0.126. The second kappa shape index (κ2) is 6.14. The molecule has 0 spiro atoms. The van der Waals surface area contributed by atoms with E-state index in [9.17, 15) is 14.0 Å². The van der Waals surface area contributed by atoms with Crippen LogP contribution in [0, 0.1) is 11.7 Å². The lowest BCUT2D eigenvalue weighted by atomic mass is 10.0. The van der Waals surface area contributed by atoms with Crippen LogP contribution in [0.15, 0.2) is 24.3 Å². The van der Waals surface area contributed by atoms with Crippen molar-refractivity contribution in [3.8, 4) is 0 Å². The molecule has 0 aliphatic carbocycles. The fourth-order valence-electron chi connectivity index (χ4n) is 1.54. The molecule has 4 nitrogen and oxygen atoms in total. The zero-order chi connectivity index (χ0) is 13.7. The lowest BCUT2D eigenvalue weighted by Gasteiger charge is -2.20. The van der Waals surface area contributed by atoms with Crippen LogP contribution in [0.1, 0.15) is 20.8 Å². The number of halogens is 1. The molecule has 98 valence electrons. The zero-order valence-electron chi connectivity index (χ0n) is 10.7. The summed E-state index contributed by atoms with van der Waals surface area (Å²) < 4.78 is 13.0. The van der Waals surface area contributed by atoms with Gasteiger partial charge in [0.1, 0.15) is 11.9 Å². The van der Waals surface area contributed by atoms with Crippen LogP contribution in [0.2, 0.25) is 0 Å². The SMILES string of the molecule is CC(=O)N[C@@H](C(=O)Nc1cccc(F)c1)C(C)C. The Labute approximate surface area is 106 Å². The molecule has 0 saturated carbocycles. The Hall–Kier alpha value is -1.91. The summed E-state index contributed by atoms with van der Waals surface area (Å²) in [6.45, 7) is 5.00. The van der Waals surface area contributed by atoms with Crippen LogP contribution in [-0.4, -0.2) is 17.9 Å². The third-order valence-electron chi connectivity index (χ3n) is 2.40. The molecular formula is C13H17FN2O2. The maximum absolute atomic E-state index is 13.0. The van der Waals surface area contributed by atoms with Gasteiger partial charge in [-0.15, -0.1) is 0 Å². The molecule has 0 aliphatic rings. The standard InChI is InChI=1S/C13H17FN2O2/c1-8(2)12(15-9(3)17)13(18)16-11-6-4-5-10(14)7-11/h4-8,12H,1-3H3,(H,15,17)(H,16,18)/t12-/m1/s1. The Bertz CT molecular complexity index is 446. The van der Waals surface area contributed by atoms with Crippen molar-refractivity contribution >= 4 is 17.5 Å². The van der Waals surface area contributed by atoms with E-state index in [-0.39, 0.29) is 17.7 Å². The van der Waals surface area contributed by atoms with E-state index in [4.69, 9.17) is 0 Å². The van der Waals surface area contributed by atoms with Crippen molar-refractivity contribution in [1.29, 1.82) is 0 Å². The number of nitrogens with one attached hydrogen (secondary N) is 2. The van der Waals surface area contributed by atoms with E-state index in [1.54, 1.807) is 6.07 Å². The largest absolute Gasteiger partial charge is 0.344 e. The average molecular weight is 252 g/mol. The quantitative estimate of drug-likeness (QED) is 0.860. The maximum Gasteiger partial charge on any atom is 0.247 e. The molecule has 5 heteroatoms. The Morgan fingerprint density at radius 2 is 1.94 bits per heavy atom.